The van der Waals surface area contributed by atoms with E-state index >= 15 is 0 Å². The van der Waals surface area contributed by atoms with Gasteiger partial charge < -0.3 is 9.13 Å². The monoisotopic (exact) mass is 630 g/mol. The number of nitrogens with zero attached hydrogens (tertiary/aromatic N) is 8. The van der Waals surface area contributed by atoms with E-state index in [9.17, 15) is 5.26 Å². The molecule has 0 unspecified atom stereocenters. The average Bonchev–Trinajstić information content (AvgIpc) is 3.36. The quantitative estimate of drug-likeness (QED) is 0.205. The number of hydrogen-bond donors (Lipinski definition) is 0. The zero-order chi connectivity index (χ0) is 30.0. The van der Waals surface area contributed by atoms with Crippen molar-refractivity contribution >= 4 is 90.5 Å². The van der Waals surface area contributed by atoms with Crippen molar-refractivity contribution in [2.75, 3.05) is 0 Å². The molecule has 0 aliphatic carbocycles. The Hall–Kier alpha value is -4.18. The summed E-state index contributed by atoms with van der Waals surface area (Å²) < 4.78 is 3.88. The molecule has 0 radical (unpaired) electrons. The lowest BCUT2D eigenvalue weighted by molar-refractivity contribution is 0.826. The molecule has 0 spiro atoms. The van der Waals surface area contributed by atoms with E-state index in [0.29, 0.717) is 75.5 Å². The molecule has 0 amide bonds. The van der Waals surface area contributed by atoms with Crippen LogP contribution >= 0.6 is 46.4 Å². The van der Waals surface area contributed by atoms with E-state index in [1.807, 2.05) is 37.1 Å². The van der Waals surface area contributed by atoms with Gasteiger partial charge >= 0.3 is 0 Å². The van der Waals surface area contributed by atoms with E-state index in [2.05, 4.69) is 20.9 Å². The highest BCUT2D eigenvalue weighted by Gasteiger charge is 2.22. The van der Waals surface area contributed by atoms with Crippen LogP contribution in [-0.2, 0) is 14.1 Å². The molecule has 8 nitrogen and oxygen atoms in total. The number of benzene rings is 2. The summed E-state index contributed by atoms with van der Waals surface area (Å²) in [7, 11) is 3.77. The third-order valence-electron chi connectivity index (χ3n) is 7.48. The number of rotatable bonds is 2. The highest BCUT2D eigenvalue weighted by molar-refractivity contribution is 6.43. The van der Waals surface area contributed by atoms with Gasteiger partial charge in [0, 0.05) is 42.5 Å². The van der Waals surface area contributed by atoms with Gasteiger partial charge in [-0.05, 0) is 38.1 Å². The first-order valence-corrected chi connectivity index (χ1v) is 14.0. The molecule has 6 aromatic rings. The van der Waals surface area contributed by atoms with Gasteiger partial charge in [0.25, 0.3) is 0 Å². The fourth-order valence-corrected chi connectivity index (χ4v) is 5.86. The van der Waals surface area contributed by atoms with Crippen molar-refractivity contribution in [3.05, 3.63) is 102 Å². The summed E-state index contributed by atoms with van der Waals surface area (Å²) in [4.78, 5) is 22.3. The first-order valence-electron chi connectivity index (χ1n) is 12.5. The second-order valence-electron chi connectivity index (χ2n) is 9.70. The van der Waals surface area contributed by atoms with Crippen LogP contribution in [0.3, 0.4) is 0 Å². The molecular formula is C30H18Cl4N8. The molecule has 42 heavy (non-hydrogen) atoms. The first-order chi connectivity index (χ1) is 20.0. The molecule has 0 bridgehead atoms. The number of fused-ring (bicyclic) bond motifs is 3. The number of hydrogen-bond acceptors (Lipinski definition) is 5. The van der Waals surface area contributed by atoms with Gasteiger partial charge in [-0.15, -0.1) is 0 Å². The molecule has 0 saturated heterocycles. The Morgan fingerprint density at radius 2 is 1.17 bits per heavy atom. The standard InChI is InChI=1S/C30H18Cl4N8/c1-13-26-27(30(42(13)5)28(36-3)25-12-38-21-7-17(32)19(34)9-23(21)40-25)14(2)41(4)29(26)15(10-35)24-11-37-20-6-16(31)18(33)8-22(20)39-24/h6-9,11-12H,1-2,4-5H3/b29-15-,30-28+. The minimum absolute atomic E-state index is 0.312. The molecule has 0 N–H and O–H groups in total. The van der Waals surface area contributed by atoms with Gasteiger partial charge in [-0.1, -0.05) is 46.4 Å². The van der Waals surface area contributed by atoms with E-state index in [1.54, 1.807) is 36.7 Å². The normalized spacial score (nSPS) is 13.0. The summed E-state index contributed by atoms with van der Waals surface area (Å²) in [6.45, 7) is 12.1. The zero-order valence-corrected chi connectivity index (χ0v) is 25.6. The Morgan fingerprint density at radius 3 is 1.67 bits per heavy atom. The largest absolute Gasteiger partial charge is 0.356 e. The van der Waals surface area contributed by atoms with Crippen LogP contribution in [0.1, 0.15) is 22.8 Å². The summed E-state index contributed by atoms with van der Waals surface area (Å²) in [6, 6.07) is 8.89. The molecule has 0 aliphatic rings. The van der Waals surface area contributed by atoms with E-state index in [1.165, 1.54) is 0 Å². The van der Waals surface area contributed by atoms with E-state index in [4.69, 9.17) is 62.9 Å². The molecule has 4 aromatic heterocycles. The van der Waals surface area contributed by atoms with Gasteiger partial charge in [-0.25, -0.2) is 9.83 Å². The van der Waals surface area contributed by atoms with Crippen molar-refractivity contribution < 1.29 is 0 Å². The second kappa shape index (κ2) is 10.3. The minimum atomic E-state index is 0.312. The Morgan fingerprint density at radius 1 is 0.738 bits per heavy atom. The highest BCUT2D eigenvalue weighted by Crippen LogP contribution is 2.29. The van der Waals surface area contributed by atoms with Gasteiger partial charge in [0.15, 0.2) is 0 Å². The van der Waals surface area contributed by atoms with Crippen LogP contribution in [-0.4, -0.2) is 29.1 Å². The van der Waals surface area contributed by atoms with Crippen molar-refractivity contribution in [3.8, 4) is 6.07 Å². The number of halogens is 4. The summed E-state index contributed by atoms with van der Waals surface area (Å²) in [5.74, 6) is 0. The summed E-state index contributed by atoms with van der Waals surface area (Å²) in [5.41, 5.74) is 5.31. The Kier molecular flexibility index (Phi) is 6.84. The van der Waals surface area contributed by atoms with Crippen LogP contribution in [0, 0.1) is 31.8 Å². The second-order valence-corrected chi connectivity index (χ2v) is 11.3. The topological polar surface area (TPSA) is 89.6 Å². The van der Waals surface area contributed by atoms with Gasteiger partial charge in [0.05, 0.1) is 71.3 Å². The van der Waals surface area contributed by atoms with Crippen LogP contribution in [0.5, 0.6) is 0 Å². The molecule has 12 heteroatoms. The first kappa shape index (κ1) is 28.0. The van der Waals surface area contributed by atoms with Crippen LogP contribution in [0.2, 0.25) is 20.1 Å². The lowest BCUT2D eigenvalue weighted by atomic mass is 10.1. The fraction of sp³-hybridized carbons (Fsp3) is 0.133. The van der Waals surface area contributed by atoms with Crippen molar-refractivity contribution in [2.45, 2.75) is 13.8 Å². The highest BCUT2D eigenvalue weighted by atomic mass is 35.5. The number of aromatic nitrogens is 6. The van der Waals surface area contributed by atoms with Gasteiger partial charge in [-0.2, -0.15) is 5.26 Å². The van der Waals surface area contributed by atoms with Crippen LogP contribution < -0.4 is 10.7 Å². The molecule has 0 saturated carbocycles. The summed E-state index contributed by atoms with van der Waals surface area (Å²) in [5, 5.41) is 14.8. The third kappa shape index (κ3) is 4.19. The predicted molar refractivity (Wildman–Crippen MR) is 167 cm³/mol. The smallest absolute Gasteiger partial charge is 0.237 e. The molecule has 0 atom stereocenters. The van der Waals surface area contributed by atoms with E-state index < -0.39 is 0 Å². The maximum atomic E-state index is 10.4. The SMILES string of the molecule is [C-]#[N+]/C(c1cnc2cc(Cl)c(Cl)cc2n1)=c1\c2c(C)n(C)/c(=C(/C#N)c3cnc4cc(Cl)c(Cl)cc4n3)c2c(C)n1C. The lowest BCUT2D eigenvalue weighted by Crippen LogP contribution is -2.22. The van der Waals surface area contributed by atoms with Gasteiger partial charge in [0.1, 0.15) is 17.3 Å². The van der Waals surface area contributed by atoms with Crippen molar-refractivity contribution in [1.29, 1.82) is 5.26 Å². The molecule has 6 rings (SSSR count). The summed E-state index contributed by atoms with van der Waals surface area (Å²) >= 11 is 24.8. The van der Waals surface area contributed by atoms with Crippen molar-refractivity contribution in [1.82, 2.24) is 29.1 Å². The van der Waals surface area contributed by atoms with Crippen molar-refractivity contribution in [3.63, 3.8) is 0 Å². The van der Waals surface area contributed by atoms with Gasteiger partial charge in [-0.3, -0.25) is 15.0 Å². The molecule has 0 aliphatic heterocycles. The predicted octanol–water partition coefficient (Wildman–Crippen LogP) is 6.43. The molecule has 2 aromatic carbocycles. The van der Waals surface area contributed by atoms with Crippen molar-refractivity contribution in [2.24, 2.45) is 14.1 Å². The fourth-order valence-electron chi connectivity index (χ4n) is 5.23. The number of aryl methyl sites for hydroxylation is 2. The van der Waals surface area contributed by atoms with E-state index in [-0.39, 0.29) is 0 Å². The zero-order valence-electron chi connectivity index (χ0n) is 22.6. The average molecular weight is 632 g/mol. The summed E-state index contributed by atoms with van der Waals surface area (Å²) in [6.07, 6.45) is 3.11. The van der Waals surface area contributed by atoms with E-state index in [0.717, 1.165) is 22.2 Å². The Labute approximate surface area is 259 Å². The molecular weight excluding hydrogens is 614 g/mol. The molecule has 4 heterocycles. The van der Waals surface area contributed by atoms with Crippen LogP contribution in [0.25, 0.3) is 49.0 Å². The minimum Gasteiger partial charge on any atom is -0.356 e. The van der Waals surface area contributed by atoms with Crippen LogP contribution in [0.4, 0.5) is 0 Å². The van der Waals surface area contributed by atoms with Gasteiger partial charge in [0.2, 0.25) is 5.70 Å². The molecule has 0 fully saturated rings. The maximum Gasteiger partial charge on any atom is 0.237 e. The third-order valence-corrected chi connectivity index (χ3v) is 8.92. The maximum absolute atomic E-state index is 10.4. The number of nitriles is 1. The lowest BCUT2D eigenvalue weighted by Gasteiger charge is -2.07. The Bertz CT molecular complexity index is 2200. The molecule has 206 valence electrons. The van der Waals surface area contributed by atoms with Crippen LogP contribution in [0.15, 0.2) is 36.7 Å². The Balaban J connectivity index is 1.72.